The standard InChI is InChI=1S/C14H23NO8/c1-7(17)5-22-6-11(20)13(21)14-12(15-8(2)18)10(19)3-9(4-16)23-14/h3-4,7,10-14,17,19-21H,5-6H2,1-2H3,(H,15,18)/t7-,10?,11+,12+,13+,14?/m0/s1. The molecule has 132 valence electrons. The van der Waals surface area contributed by atoms with Crippen LogP contribution in [-0.2, 0) is 19.1 Å². The largest absolute Gasteiger partial charge is 0.482 e. The van der Waals surface area contributed by atoms with Crippen LogP contribution in [0.2, 0.25) is 0 Å². The molecule has 2 unspecified atom stereocenters. The number of hydrogen-bond donors (Lipinski definition) is 5. The summed E-state index contributed by atoms with van der Waals surface area (Å²) in [5.41, 5.74) is 0. The monoisotopic (exact) mass is 333 g/mol. The van der Waals surface area contributed by atoms with Crippen LogP contribution in [0, 0.1) is 0 Å². The molecule has 0 saturated carbocycles. The topological polar surface area (TPSA) is 146 Å². The average Bonchev–Trinajstić information content (AvgIpc) is 2.47. The molecule has 9 nitrogen and oxygen atoms in total. The average molecular weight is 333 g/mol. The summed E-state index contributed by atoms with van der Waals surface area (Å²) >= 11 is 0. The minimum atomic E-state index is -1.54. The van der Waals surface area contributed by atoms with Gasteiger partial charge in [0.1, 0.15) is 12.2 Å². The third-order valence-corrected chi connectivity index (χ3v) is 3.19. The van der Waals surface area contributed by atoms with Crippen LogP contribution < -0.4 is 5.32 Å². The molecule has 0 fully saturated rings. The lowest BCUT2D eigenvalue weighted by Gasteiger charge is -2.38. The van der Waals surface area contributed by atoms with Crippen molar-refractivity contribution >= 4 is 12.2 Å². The number of aliphatic hydroxyl groups excluding tert-OH is 4. The van der Waals surface area contributed by atoms with E-state index >= 15 is 0 Å². The van der Waals surface area contributed by atoms with Crippen molar-refractivity contribution in [2.45, 2.75) is 50.4 Å². The highest BCUT2D eigenvalue weighted by atomic mass is 16.5. The number of nitrogens with one attached hydrogen (secondary N) is 1. The summed E-state index contributed by atoms with van der Waals surface area (Å²) in [6.45, 7) is 2.39. The van der Waals surface area contributed by atoms with Crippen LogP contribution in [0.15, 0.2) is 11.8 Å². The fourth-order valence-corrected chi connectivity index (χ4v) is 2.16. The Balaban J connectivity index is 2.79. The van der Waals surface area contributed by atoms with Gasteiger partial charge in [-0.25, -0.2) is 0 Å². The fraction of sp³-hybridized carbons (Fsp3) is 0.714. The third kappa shape index (κ3) is 5.88. The summed E-state index contributed by atoms with van der Waals surface area (Å²) in [7, 11) is 0. The first-order valence-corrected chi connectivity index (χ1v) is 7.17. The molecular formula is C14H23NO8. The van der Waals surface area contributed by atoms with E-state index in [9.17, 15) is 24.9 Å². The van der Waals surface area contributed by atoms with Gasteiger partial charge in [0.25, 0.3) is 0 Å². The molecule has 0 aromatic rings. The molecule has 0 bridgehead atoms. The maximum absolute atomic E-state index is 11.2. The van der Waals surface area contributed by atoms with E-state index in [0.29, 0.717) is 6.29 Å². The number of rotatable bonds is 8. The Morgan fingerprint density at radius 3 is 2.61 bits per heavy atom. The van der Waals surface area contributed by atoms with Gasteiger partial charge in [-0.15, -0.1) is 0 Å². The molecule has 0 radical (unpaired) electrons. The highest BCUT2D eigenvalue weighted by molar-refractivity contribution is 5.74. The zero-order chi connectivity index (χ0) is 17.6. The van der Waals surface area contributed by atoms with Crippen molar-refractivity contribution in [1.82, 2.24) is 5.32 Å². The van der Waals surface area contributed by atoms with Crippen molar-refractivity contribution in [3.05, 3.63) is 11.8 Å². The number of ether oxygens (including phenoxy) is 2. The van der Waals surface area contributed by atoms with Crippen molar-refractivity contribution in [1.29, 1.82) is 0 Å². The first-order chi connectivity index (χ1) is 10.8. The Morgan fingerprint density at radius 1 is 1.43 bits per heavy atom. The lowest BCUT2D eigenvalue weighted by Crippen LogP contribution is -2.59. The first-order valence-electron chi connectivity index (χ1n) is 7.17. The molecule has 0 aromatic heterocycles. The van der Waals surface area contributed by atoms with Gasteiger partial charge in [0.15, 0.2) is 18.1 Å². The van der Waals surface area contributed by atoms with E-state index in [1.807, 2.05) is 0 Å². The molecule has 1 aliphatic heterocycles. The minimum Gasteiger partial charge on any atom is -0.482 e. The van der Waals surface area contributed by atoms with Gasteiger partial charge in [0, 0.05) is 6.92 Å². The molecule has 1 rings (SSSR count). The highest BCUT2D eigenvalue weighted by Gasteiger charge is 2.41. The van der Waals surface area contributed by atoms with Crippen LogP contribution in [0.1, 0.15) is 13.8 Å². The van der Waals surface area contributed by atoms with E-state index < -0.39 is 42.5 Å². The van der Waals surface area contributed by atoms with E-state index in [-0.39, 0.29) is 19.0 Å². The Bertz CT molecular complexity index is 438. The van der Waals surface area contributed by atoms with Gasteiger partial charge < -0.3 is 35.2 Å². The fourth-order valence-electron chi connectivity index (χ4n) is 2.16. The minimum absolute atomic E-state index is 0.0352. The van der Waals surface area contributed by atoms with Gasteiger partial charge in [-0.1, -0.05) is 0 Å². The van der Waals surface area contributed by atoms with Crippen LogP contribution in [0.3, 0.4) is 0 Å². The molecule has 1 aliphatic rings. The molecule has 9 heteroatoms. The molecule has 1 heterocycles. The first kappa shape index (κ1) is 19.5. The number of aldehydes is 1. The molecule has 0 aliphatic carbocycles. The Kier molecular flexibility index (Phi) is 7.59. The molecule has 0 aromatic carbocycles. The summed E-state index contributed by atoms with van der Waals surface area (Å²) in [6, 6.07) is -1.04. The van der Waals surface area contributed by atoms with Gasteiger partial charge in [-0.3, -0.25) is 9.59 Å². The molecule has 0 spiro atoms. The summed E-state index contributed by atoms with van der Waals surface area (Å²) in [6.07, 6.45) is -4.74. The van der Waals surface area contributed by atoms with Crippen molar-refractivity contribution < 1.29 is 39.5 Å². The van der Waals surface area contributed by atoms with E-state index in [2.05, 4.69) is 5.32 Å². The molecule has 23 heavy (non-hydrogen) atoms. The van der Waals surface area contributed by atoms with Gasteiger partial charge in [0.05, 0.1) is 31.5 Å². The van der Waals surface area contributed by atoms with E-state index in [1.54, 1.807) is 0 Å². The van der Waals surface area contributed by atoms with Gasteiger partial charge >= 0.3 is 0 Å². The normalized spacial score (nSPS) is 28.1. The second-order valence-corrected chi connectivity index (χ2v) is 5.43. The van der Waals surface area contributed by atoms with Crippen LogP contribution in [0.25, 0.3) is 0 Å². The molecular weight excluding hydrogens is 310 g/mol. The Hall–Kier alpha value is -1.52. The Morgan fingerprint density at radius 2 is 2.09 bits per heavy atom. The van der Waals surface area contributed by atoms with Crippen LogP contribution in [0.4, 0.5) is 0 Å². The Labute approximate surface area is 133 Å². The predicted molar refractivity (Wildman–Crippen MR) is 77.1 cm³/mol. The lowest BCUT2D eigenvalue weighted by molar-refractivity contribution is -0.138. The lowest BCUT2D eigenvalue weighted by atomic mass is 9.94. The van der Waals surface area contributed by atoms with E-state index in [0.717, 1.165) is 6.08 Å². The van der Waals surface area contributed by atoms with Crippen LogP contribution >= 0.6 is 0 Å². The van der Waals surface area contributed by atoms with Crippen molar-refractivity contribution in [3.63, 3.8) is 0 Å². The molecule has 0 saturated heterocycles. The third-order valence-electron chi connectivity index (χ3n) is 3.19. The number of aliphatic hydroxyl groups is 4. The summed E-state index contributed by atoms with van der Waals surface area (Å²) < 4.78 is 10.2. The van der Waals surface area contributed by atoms with Crippen LogP contribution in [-0.4, -0.2) is 82.4 Å². The van der Waals surface area contributed by atoms with Crippen molar-refractivity contribution in [2.75, 3.05) is 13.2 Å². The number of hydrogen-bond acceptors (Lipinski definition) is 8. The number of carbonyl (C=O) groups is 2. The number of amides is 1. The maximum Gasteiger partial charge on any atom is 0.217 e. The smallest absolute Gasteiger partial charge is 0.217 e. The zero-order valence-electron chi connectivity index (χ0n) is 13.0. The predicted octanol–water partition coefficient (Wildman–Crippen LogP) is -2.55. The van der Waals surface area contributed by atoms with E-state index in [4.69, 9.17) is 14.6 Å². The molecule has 6 atom stereocenters. The second-order valence-electron chi connectivity index (χ2n) is 5.43. The summed E-state index contributed by atoms with van der Waals surface area (Å²) in [5.74, 6) is -0.683. The highest BCUT2D eigenvalue weighted by Crippen LogP contribution is 2.22. The van der Waals surface area contributed by atoms with Gasteiger partial charge in [-0.05, 0) is 13.0 Å². The number of carbonyl (C=O) groups excluding carboxylic acids is 2. The quantitative estimate of drug-likeness (QED) is 0.305. The zero-order valence-corrected chi connectivity index (χ0v) is 13.0. The second kappa shape index (κ2) is 8.94. The maximum atomic E-state index is 11.2. The van der Waals surface area contributed by atoms with Crippen LogP contribution in [0.5, 0.6) is 0 Å². The molecule has 5 N–H and O–H groups in total. The summed E-state index contributed by atoms with van der Waals surface area (Å²) in [4.78, 5) is 22.1. The van der Waals surface area contributed by atoms with Gasteiger partial charge in [0.2, 0.25) is 5.91 Å². The van der Waals surface area contributed by atoms with Crippen molar-refractivity contribution in [3.8, 4) is 0 Å². The van der Waals surface area contributed by atoms with Crippen molar-refractivity contribution in [2.24, 2.45) is 0 Å². The summed E-state index contributed by atoms with van der Waals surface area (Å²) in [5, 5.41) is 41.6. The number of allylic oxidation sites excluding steroid dienone is 1. The molecule has 1 amide bonds. The SMILES string of the molecule is CC(=O)N[C@@H]1C(O)C=C(C=O)OC1[C@H](O)[C@H](O)COC[C@H](C)O. The van der Waals surface area contributed by atoms with Gasteiger partial charge in [-0.2, -0.15) is 0 Å². The van der Waals surface area contributed by atoms with E-state index in [1.165, 1.54) is 13.8 Å².